The summed E-state index contributed by atoms with van der Waals surface area (Å²) in [5, 5.41) is 7.46. The second kappa shape index (κ2) is 17.2. The molecule has 8 nitrogen and oxygen atoms in total. The highest BCUT2D eigenvalue weighted by Gasteiger charge is 2.23. The number of amides is 3. The molecule has 184 valence electrons. The van der Waals surface area contributed by atoms with E-state index < -0.39 is 29.9 Å². The lowest BCUT2D eigenvalue weighted by Crippen LogP contribution is -2.50. The number of aryl methyl sites for hydroxylation is 1. The van der Waals surface area contributed by atoms with Gasteiger partial charge in [-0.1, -0.05) is 66.2 Å². The van der Waals surface area contributed by atoms with Crippen LogP contribution in [0.15, 0.2) is 60.7 Å². The Kier molecular flexibility index (Phi) is 14.5. The first-order valence-corrected chi connectivity index (χ1v) is 12.2. The van der Waals surface area contributed by atoms with Gasteiger partial charge in [-0.15, -0.1) is 0 Å². The van der Waals surface area contributed by atoms with Gasteiger partial charge in [-0.3, -0.25) is 14.4 Å². The van der Waals surface area contributed by atoms with E-state index in [1.54, 1.807) is 11.8 Å². The van der Waals surface area contributed by atoms with Crippen molar-refractivity contribution < 1.29 is 23.9 Å². The second-order valence-electron chi connectivity index (χ2n) is 7.32. The number of hydrogen-bond donors (Lipinski definition) is 3. The van der Waals surface area contributed by atoms with Crippen molar-refractivity contribution in [2.45, 2.75) is 31.8 Å². The third-order valence-electron chi connectivity index (χ3n) is 4.66. The number of benzene rings is 2. The maximum Gasteiger partial charge on any atom is 0.328 e. The average Bonchev–Trinajstić information content (AvgIpc) is 2.85. The Bertz CT molecular complexity index is 881. The van der Waals surface area contributed by atoms with Crippen LogP contribution in [0.3, 0.4) is 0 Å². The van der Waals surface area contributed by atoms with E-state index in [9.17, 15) is 19.2 Å². The lowest BCUT2D eigenvalue weighted by atomic mass is 10.1. The second-order valence-corrected chi connectivity index (χ2v) is 8.31. The Morgan fingerprint density at radius 2 is 1.62 bits per heavy atom. The summed E-state index contributed by atoms with van der Waals surface area (Å²) in [6.07, 6.45) is 3.07. The monoisotopic (exact) mass is 487 g/mol. The number of ether oxygens (including phenoxy) is 1. The van der Waals surface area contributed by atoms with Crippen molar-refractivity contribution >= 4 is 36.0 Å². The van der Waals surface area contributed by atoms with Crippen LogP contribution in [0, 0.1) is 6.92 Å². The molecule has 0 aliphatic heterocycles. The van der Waals surface area contributed by atoms with Crippen LogP contribution in [0.25, 0.3) is 0 Å². The van der Waals surface area contributed by atoms with E-state index >= 15 is 0 Å². The summed E-state index contributed by atoms with van der Waals surface area (Å²) in [6, 6.07) is 17.9. The number of thioether (sulfide) groups is 1. The number of nitrogens with one attached hydrogen (secondary N) is 3. The van der Waals surface area contributed by atoms with Crippen molar-refractivity contribution in [2.24, 2.45) is 0 Å². The quantitative estimate of drug-likeness (QED) is 0.311. The average molecular weight is 488 g/mol. The van der Waals surface area contributed by atoms with Gasteiger partial charge in [0.1, 0.15) is 12.1 Å². The highest BCUT2D eigenvalue weighted by Crippen LogP contribution is 2.05. The zero-order valence-corrected chi connectivity index (χ0v) is 20.6. The van der Waals surface area contributed by atoms with Crippen molar-refractivity contribution in [3.63, 3.8) is 0 Å². The molecule has 2 rings (SSSR count). The van der Waals surface area contributed by atoms with Gasteiger partial charge in [0.15, 0.2) is 0 Å². The zero-order chi connectivity index (χ0) is 25.2. The number of carbonyl (C=O) groups is 4. The molecule has 0 aliphatic rings. The van der Waals surface area contributed by atoms with Gasteiger partial charge in [0.05, 0.1) is 13.7 Å². The van der Waals surface area contributed by atoms with Gasteiger partial charge in [-0.25, -0.2) is 4.79 Å². The Balaban J connectivity index is 0.000000700. The molecule has 0 saturated carbocycles. The molecule has 2 unspecified atom stereocenters. The van der Waals surface area contributed by atoms with Gasteiger partial charge in [0, 0.05) is 6.42 Å². The van der Waals surface area contributed by atoms with Gasteiger partial charge in [0.2, 0.25) is 18.2 Å². The summed E-state index contributed by atoms with van der Waals surface area (Å²) in [5.41, 5.74) is 2.19. The fourth-order valence-electron chi connectivity index (χ4n) is 2.86. The SMILES string of the molecule is COC(=O)C(Cc1ccccc1)NC(=O)CNC(=O)C(CCSC)NC=O.Cc1ccccc1. The normalized spacial score (nSPS) is 11.6. The summed E-state index contributed by atoms with van der Waals surface area (Å²) in [7, 11) is 1.25. The van der Waals surface area contributed by atoms with E-state index in [2.05, 4.69) is 35.0 Å². The van der Waals surface area contributed by atoms with Gasteiger partial charge >= 0.3 is 5.97 Å². The Labute approximate surface area is 205 Å². The van der Waals surface area contributed by atoms with Crippen molar-refractivity contribution in [1.29, 1.82) is 0 Å². The molecule has 0 radical (unpaired) electrons. The van der Waals surface area contributed by atoms with Gasteiger partial charge in [-0.05, 0) is 30.9 Å². The van der Waals surface area contributed by atoms with Crippen molar-refractivity contribution in [3.8, 4) is 0 Å². The van der Waals surface area contributed by atoms with Gasteiger partial charge in [-0.2, -0.15) is 11.8 Å². The van der Waals surface area contributed by atoms with Crippen LogP contribution in [0.1, 0.15) is 17.5 Å². The minimum Gasteiger partial charge on any atom is -0.467 e. The molecular weight excluding hydrogens is 454 g/mol. The van der Waals surface area contributed by atoms with E-state index in [1.807, 2.05) is 54.8 Å². The number of esters is 1. The number of hydrogen-bond acceptors (Lipinski definition) is 6. The molecule has 9 heteroatoms. The summed E-state index contributed by atoms with van der Waals surface area (Å²) >= 11 is 1.55. The van der Waals surface area contributed by atoms with E-state index in [1.165, 1.54) is 12.7 Å². The highest BCUT2D eigenvalue weighted by atomic mass is 32.2. The molecule has 2 atom stereocenters. The fourth-order valence-corrected chi connectivity index (χ4v) is 3.34. The largest absolute Gasteiger partial charge is 0.467 e. The van der Waals surface area contributed by atoms with Crippen LogP contribution in [0.4, 0.5) is 0 Å². The molecule has 0 saturated heterocycles. The van der Waals surface area contributed by atoms with Crippen LogP contribution in [0.5, 0.6) is 0 Å². The third kappa shape index (κ3) is 12.1. The van der Waals surface area contributed by atoms with Crippen molar-refractivity contribution in [1.82, 2.24) is 16.0 Å². The van der Waals surface area contributed by atoms with Crippen molar-refractivity contribution in [3.05, 3.63) is 71.8 Å². The number of carbonyl (C=O) groups excluding carboxylic acids is 4. The standard InChI is InChI=1S/C18H25N3O5S.C7H8/c1-26-18(25)15(10-13-6-4-3-5-7-13)21-16(23)11-19-17(24)14(20-12-22)8-9-27-2;1-7-5-3-2-4-6-7/h3-7,12,14-15H,8-11H2,1-2H3,(H,19,24)(H,20,22)(H,21,23);2-6H,1H3. The molecule has 0 fully saturated rings. The predicted molar refractivity (Wildman–Crippen MR) is 134 cm³/mol. The van der Waals surface area contributed by atoms with E-state index in [4.69, 9.17) is 4.74 Å². The molecule has 0 aromatic heterocycles. The third-order valence-corrected chi connectivity index (χ3v) is 5.31. The summed E-state index contributed by atoms with van der Waals surface area (Å²) < 4.78 is 4.73. The smallest absolute Gasteiger partial charge is 0.328 e. The van der Waals surface area contributed by atoms with Crippen LogP contribution in [-0.2, 0) is 30.3 Å². The summed E-state index contributed by atoms with van der Waals surface area (Å²) in [4.78, 5) is 46.8. The van der Waals surface area contributed by atoms with Crippen molar-refractivity contribution in [2.75, 3.05) is 25.7 Å². The molecule has 0 bridgehead atoms. The molecule has 2 aromatic carbocycles. The Morgan fingerprint density at radius 1 is 1.00 bits per heavy atom. The first-order valence-electron chi connectivity index (χ1n) is 10.8. The lowest BCUT2D eigenvalue weighted by molar-refractivity contribution is -0.145. The van der Waals surface area contributed by atoms with Gasteiger partial charge in [0.25, 0.3) is 0 Å². The topological polar surface area (TPSA) is 114 Å². The zero-order valence-electron chi connectivity index (χ0n) is 19.8. The minimum atomic E-state index is -0.859. The Morgan fingerprint density at radius 3 is 2.12 bits per heavy atom. The van der Waals surface area contributed by atoms with E-state index in [-0.39, 0.29) is 13.0 Å². The van der Waals surface area contributed by atoms with Crippen LogP contribution < -0.4 is 16.0 Å². The maximum atomic E-state index is 12.1. The molecule has 0 aliphatic carbocycles. The fraction of sp³-hybridized carbons (Fsp3) is 0.360. The molecular formula is C25H33N3O5S. The number of rotatable bonds is 12. The first-order chi connectivity index (χ1) is 16.4. The first kappa shape index (κ1) is 28.7. The molecule has 0 heterocycles. The molecule has 3 amide bonds. The van der Waals surface area contributed by atoms with Crippen LogP contribution >= 0.6 is 11.8 Å². The predicted octanol–water partition coefficient (Wildman–Crippen LogP) is 1.87. The Hall–Kier alpha value is -3.33. The lowest BCUT2D eigenvalue weighted by Gasteiger charge is -2.18. The molecule has 3 N–H and O–H groups in total. The highest BCUT2D eigenvalue weighted by molar-refractivity contribution is 7.98. The molecule has 34 heavy (non-hydrogen) atoms. The number of methoxy groups -OCH3 is 1. The van der Waals surface area contributed by atoms with Crippen LogP contribution in [-0.4, -0.2) is 61.9 Å². The minimum absolute atomic E-state index is 0.274. The van der Waals surface area contributed by atoms with Gasteiger partial charge < -0.3 is 20.7 Å². The van der Waals surface area contributed by atoms with E-state index in [0.29, 0.717) is 18.6 Å². The maximum absolute atomic E-state index is 12.1. The van der Waals surface area contributed by atoms with E-state index in [0.717, 1.165) is 5.56 Å². The summed E-state index contributed by atoms with van der Waals surface area (Å²) in [6.45, 7) is 1.78. The summed E-state index contributed by atoms with van der Waals surface area (Å²) in [5.74, 6) is -0.862. The molecule has 0 spiro atoms. The molecule has 2 aromatic rings. The van der Waals surface area contributed by atoms with Crippen LogP contribution in [0.2, 0.25) is 0 Å².